The molecule has 0 saturated heterocycles. The Morgan fingerprint density at radius 2 is 1.90 bits per heavy atom. The lowest BCUT2D eigenvalue weighted by molar-refractivity contribution is 0.0601. The van der Waals surface area contributed by atoms with Gasteiger partial charge in [0.25, 0.3) is 0 Å². The molecule has 0 aliphatic rings. The van der Waals surface area contributed by atoms with Crippen LogP contribution in [0.3, 0.4) is 0 Å². The highest BCUT2D eigenvalue weighted by Gasteiger charge is 2.11. The molecule has 0 spiro atoms. The SMILES string of the molecule is COC(=O)c1ccc(Oc2ccc(Br)cc2Cl)c(N)c1. The molecule has 0 atom stereocenters. The molecule has 2 aromatic carbocycles. The summed E-state index contributed by atoms with van der Waals surface area (Å²) >= 11 is 9.38. The summed E-state index contributed by atoms with van der Waals surface area (Å²) in [7, 11) is 1.31. The molecular weight excluding hydrogens is 346 g/mol. The molecule has 0 saturated carbocycles. The van der Waals surface area contributed by atoms with Crippen LogP contribution >= 0.6 is 27.5 Å². The second kappa shape index (κ2) is 6.15. The van der Waals surface area contributed by atoms with Gasteiger partial charge < -0.3 is 15.2 Å². The van der Waals surface area contributed by atoms with Crippen LogP contribution in [-0.4, -0.2) is 13.1 Å². The van der Waals surface area contributed by atoms with Gasteiger partial charge in [0.15, 0.2) is 0 Å². The van der Waals surface area contributed by atoms with Crippen molar-refractivity contribution in [3.63, 3.8) is 0 Å². The summed E-state index contributed by atoms with van der Waals surface area (Å²) in [5.74, 6) is 0.444. The summed E-state index contributed by atoms with van der Waals surface area (Å²) in [6.45, 7) is 0. The average Bonchev–Trinajstić information content (AvgIpc) is 2.42. The second-order valence-corrected chi connectivity index (χ2v) is 5.24. The molecule has 0 aromatic heterocycles. The van der Waals surface area contributed by atoms with Crippen molar-refractivity contribution in [1.29, 1.82) is 0 Å². The van der Waals surface area contributed by atoms with Gasteiger partial charge in [-0.15, -0.1) is 0 Å². The number of rotatable bonds is 3. The van der Waals surface area contributed by atoms with Gasteiger partial charge >= 0.3 is 5.97 Å². The van der Waals surface area contributed by atoms with Crippen LogP contribution in [0.15, 0.2) is 40.9 Å². The Hall–Kier alpha value is -1.72. The van der Waals surface area contributed by atoms with Crippen LogP contribution in [0.5, 0.6) is 11.5 Å². The maximum absolute atomic E-state index is 11.4. The fraction of sp³-hybridized carbons (Fsp3) is 0.0714. The molecule has 0 heterocycles. The van der Waals surface area contributed by atoms with Gasteiger partial charge in [-0.3, -0.25) is 0 Å². The molecule has 6 heteroatoms. The van der Waals surface area contributed by atoms with E-state index >= 15 is 0 Å². The van der Waals surface area contributed by atoms with Crippen molar-refractivity contribution in [2.45, 2.75) is 0 Å². The minimum Gasteiger partial charge on any atom is -0.465 e. The van der Waals surface area contributed by atoms with E-state index in [4.69, 9.17) is 22.1 Å². The summed E-state index contributed by atoms with van der Waals surface area (Å²) in [6, 6.07) is 9.91. The fourth-order valence-corrected chi connectivity index (χ4v) is 2.27. The minimum atomic E-state index is -0.454. The zero-order valence-electron chi connectivity index (χ0n) is 10.5. The molecule has 0 amide bonds. The second-order valence-electron chi connectivity index (χ2n) is 3.92. The standard InChI is InChI=1S/C14H11BrClNO3/c1-19-14(18)8-2-4-13(11(17)6-8)20-12-5-3-9(15)7-10(12)16/h2-7H,17H2,1H3. The van der Waals surface area contributed by atoms with Crippen LogP contribution in [0.2, 0.25) is 5.02 Å². The lowest BCUT2D eigenvalue weighted by Gasteiger charge is -2.11. The van der Waals surface area contributed by atoms with Crippen molar-refractivity contribution in [2.75, 3.05) is 12.8 Å². The first kappa shape index (κ1) is 14.7. The molecule has 0 aliphatic heterocycles. The fourth-order valence-electron chi connectivity index (χ4n) is 1.56. The predicted octanol–water partition coefficient (Wildman–Crippen LogP) is 4.26. The summed E-state index contributed by atoms with van der Waals surface area (Å²) in [6.07, 6.45) is 0. The minimum absolute atomic E-state index is 0.326. The van der Waals surface area contributed by atoms with Crippen LogP contribution in [-0.2, 0) is 4.74 Å². The number of halogens is 2. The normalized spacial score (nSPS) is 10.2. The number of carbonyl (C=O) groups is 1. The van der Waals surface area contributed by atoms with Crippen LogP contribution in [0.25, 0.3) is 0 Å². The number of carbonyl (C=O) groups excluding carboxylic acids is 1. The highest BCUT2D eigenvalue weighted by atomic mass is 79.9. The Balaban J connectivity index is 2.28. The molecular formula is C14H11BrClNO3. The predicted molar refractivity (Wildman–Crippen MR) is 81.4 cm³/mol. The maximum Gasteiger partial charge on any atom is 0.337 e. The van der Waals surface area contributed by atoms with Gasteiger partial charge in [0.1, 0.15) is 11.5 Å². The van der Waals surface area contributed by atoms with Crippen LogP contribution in [0, 0.1) is 0 Å². The van der Waals surface area contributed by atoms with Crippen molar-refractivity contribution in [3.8, 4) is 11.5 Å². The Labute approximate surface area is 129 Å². The molecule has 2 rings (SSSR count). The number of nitrogen functional groups attached to an aromatic ring is 1. The molecule has 0 bridgehead atoms. The third kappa shape index (κ3) is 3.23. The Kier molecular flexibility index (Phi) is 4.52. The number of benzene rings is 2. The van der Waals surface area contributed by atoms with Crippen molar-refractivity contribution >= 4 is 39.2 Å². The highest BCUT2D eigenvalue weighted by molar-refractivity contribution is 9.10. The molecule has 2 aromatic rings. The summed E-state index contributed by atoms with van der Waals surface area (Å²) in [4.78, 5) is 11.4. The summed E-state index contributed by atoms with van der Waals surface area (Å²) in [5, 5.41) is 0.454. The molecule has 0 radical (unpaired) electrons. The highest BCUT2D eigenvalue weighted by Crippen LogP contribution is 2.34. The number of methoxy groups -OCH3 is 1. The van der Waals surface area contributed by atoms with Gasteiger partial charge in [0, 0.05) is 4.47 Å². The van der Waals surface area contributed by atoms with Crippen LogP contribution in [0.4, 0.5) is 5.69 Å². The summed E-state index contributed by atoms with van der Waals surface area (Å²) in [5.41, 5.74) is 6.54. The molecule has 4 nitrogen and oxygen atoms in total. The lowest BCUT2D eigenvalue weighted by Crippen LogP contribution is -2.02. The third-order valence-corrected chi connectivity index (χ3v) is 3.33. The van der Waals surface area contributed by atoms with Crippen LogP contribution < -0.4 is 10.5 Å². The van der Waals surface area contributed by atoms with E-state index in [2.05, 4.69) is 20.7 Å². The van der Waals surface area contributed by atoms with E-state index in [9.17, 15) is 4.79 Å². The number of ether oxygens (including phenoxy) is 2. The number of hydrogen-bond donors (Lipinski definition) is 1. The first-order valence-corrected chi connectivity index (χ1v) is 6.79. The van der Waals surface area contributed by atoms with E-state index in [1.54, 1.807) is 30.3 Å². The molecule has 0 fully saturated rings. The monoisotopic (exact) mass is 355 g/mol. The molecule has 104 valence electrons. The Morgan fingerprint density at radius 3 is 2.50 bits per heavy atom. The first-order valence-electron chi connectivity index (χ1n) is 5.62. The van der Waals surface area contributed by atoms with Gasteiger partial charge in [-0.25, -0.2) is 4.79 Å². The van der Waals surface area contributed by atoms with E-state index < -0.39 is 5.97 Å². The first-order chi connectivity index (χ1) is 9.51. The van der Waals surface area contributed by atoms with Crippen molar-refractivity contribution < 1.29 is 14.3 Å². The maximum atomic E-state index is 11.4. The van der Waals surface area contributed by atoms with E-state index in [1.165, 1.54) is 13.2 Å². The molecule has 0 aliphatic carbocycles. The smallest absolute Gasteiger partial charge is 0.337 e. The van der Waals surface area contributed by atoms with E-state index in [1.807, 2.05) is 0 Å². The third-order valence-electron chi connectivity index (χ3n) is 2.54. The lowest BCUT2D eigenvalue weighted by atomic mass is 10.2. The Morgan fingerprint density at radius 1 is 1.20 bits per heavy atom. The quantitative estimate of drug-likeness (QED) is 0.659. The van der Waals surface area contributed by atoms with Crippen molar-refractivity contribution in [2.24, 2.45) is 0 Å². The van der Waals surface area contributed by atoms with Gasteiger partial charge in [-0.2, -0.15) is 0 Å². The number of esters is 1. The van der Waals surface area contributed by atoms with Gasteiger partial charge in [0.2, 0.25) is 0 Å². The topological polar surface area (TPSA) is 61.5 Å². The van der Waals surface area contributed by atoms with Crippen LogP contribution in [0.1, 0.15) is 10.4 Å². The van der Waals surface area contributed by atoms with Crippen molar-refractivity contribution in [3.05, 3.63) is 51.5 Å². The van der Waals surface area contributed by atoms with Crippen molar-refractivity contribution in [1.82, 2.24) is 0 Å². The Bertz CT molecular complexity index is 661. The number of anilines is 1. The molecule has 20 heavy (non-hydrogen) atoms. The molecule has 2 N–H and O–H groups in total. The zero-order chi connectivity index (χ0) is 14.7. The van der Waals surface area contributed by atoms with Gasteiger partial charge in [-0.05, 0) is 36.4 Å². The molecule has 0 unspecified atom stereocenters. The average molecular weight is 357 g/mol. The van der Waals surface area contributed by atoms with E-state index in [0.29, 0.717) is 27.8 Å². The number of nitrogens with two attached hydrogens (primary N) is 1. The van der Waals surface area contributed by atoms with E-state index in [0.717, 1.165) is 4.47 Å². The largest absolute Gasteiger partial charge is 0.465 e. The summed E-state index contributed by atoms with van der Waals surface area (Å²) < 4.78 is 11.1. The number of hydrogen-bond acceptors (Lipinski definition) is 4. The van der Waals surface area contributed by atoms with E-state index in [-0.39, 0.29) is 0 Å². The van der Waals surface area contributed by atoms with Gasteiger partial charge in [-0.1, -0.05) is 27.5 Å². The zero-order valence-corrected chi connectivity index (χ0v) is 12.9. The van der Waals surface area contributed by atoms with Gasteiger partial charge in [0.05, 0.1) is 23.4 Å².